The van der Waals surface area contributed by atoms with Gasteiger partial charge in [0, 0.05) is 17.1 Å². The summed E-state index contributed by atoms with van der Waals surface area (Å²) in [5.41, 5.74) is 0.282. The van der Waals surface area contributed by atoms with Gasteiger partial charge in [-0.25, -0.2) is 8.42 Å². The molecule has 1 N–H and O–H groups in total. The van der Waals surface area contributed by atoms with Crippen LogP contribution in [0.25, 0.3) is 0 Å². The van der Waals surface area contributed by atoms with Gasteiger partial charge in [0.05, 0.1) is 17.7 Å². The van der Waals surface area contributed by atoms with Crippen LogP contribution < -0.4 is 14.4 Å². The van der Waals surface area contributed by atoms with E-state index in [2.05, 4.69) is 5.32 Å². The molecule has 0 unspecified atom stereocenters. The maximum absolute atomic E-state index is 14.0. The molecule has 3 aromatic carbocycles. The summed E-state index contributed by atoms with van der Waals surface area (Å²) in [6.07, 6.45) is 0. The second-order valence-corrected chi connectivity index (χ2v) is 12.3. The normalized spacial score (nSPS) is 12.4. The molecule has 8 nitrogen and oxygen atoms in total. The number of carbonyl (C=O) groups is 2. The molecule has 0 saturated carbocycles. The highest BCUT2D eigenvalue weighted by Crippen LogP contribution is 2.32. The highest BCUT2D eigenvalue weighted by molar-refractivity contribution is 7.92. The standard InChI is InChI=1S/C29H34ClN3O5S/c1-21(28(35)31-29(2,3)4)32(19-22-13-9-10-16-24(22)30)27(34)20-33(25-17-11-12-18-26(25)38-5)39(36,37)23-14-7-6-8-15-23/h6-18,21H,19-20H2,1-5H3,(H,31,35)/t21-/m0/s1. The molecule has 3 rings (SSSR count). The first-order chi connectivity index (χ1) is 18.3. The third-order valence-electron chi connectivity index (χ3n) is 5.93. The van der Waals surface area contributed by atoms with Crippen LogP contribution in [0.1, 0.15) is 33.3 Å². The van der Waals surface area contributed by atoms with Crippen molar-refractivity contribution in [3.8, 4) is 5.75 Å². The molecule has 0 aliphatic heterocycles. The van der Waals surface area contributed by atoms with Gasteiger partial charge < -0.3 is 15.0 Å². The van der Waals surface area contributed by atoms with Crippen LogP contribution in [0.5, 0.6) is 5.75 Å². The summed E-state index contributed by atoms with van der Waals surface area (Å²) in [5.74, 6) is -0.685. The largest absolute Gasteiger partial charge is 0.495 e. The van der Waals surface area contributed by atoms with Crippen LogP contribution in [-0.4, -0.2) is 50.4 Å². The molecule has 0 saturated heterocycles. The summed E-state index contributed by atoms with van der Waals surface area (Å²) in [6.45, 7) is 6.56. The number of hydrogen-bond acceptors (Lipinski definition) is 5. The van der Waals surface area contributed by atoms with E-state index in [0.29, 0.717) is 10.6 Å². The van der Waals surface area contributed by atoms with Gasteiger partial charge in [-0.15, -0.1) is 0 Å². The van der Waals surface area contributed by atoms with Crippen LogP contribution in [0, 0.1) is 0 Å². The van der Waals surface area contributed by atoms with Crippen molar-refractivity contribution in [2.24, 2.45) is 0 Å². The number of anilines is 1. The van der Waals surface area contributed by atoms with Gasteiger partial charge in [-0.05, 0) is 63.6 Å². The third kappa shape index (κ3) is 7.52. The van der Waals surface area contributed by atoms with Crippen LogP contribution in [0.3, 0.4) is 0 Å². The minimum Gasteiger partial charge on any atom is -0.495 e. The maximum Gasteiger partial charge on any atom is 0.264 e. The van der Waals surface area contributed by atoms with E-state index in [0.717, 1.165) is 4.31 Å². The molecule has 0 radical (unpaired) electrons. The van der Waals surface area contributed by atoms with Gasteiger partial charge in [-0.1, -0.05) is 60.1 Å². The van der Waals surface area contributed by atoms with E-state index in [4.69, 9.17) is 16.3 Å². The molecule has 0 aliphatic carbocycles. The molecule has 0 bridgehead atoms. The molecule has 0 heterocycles. The molecule has 0 spiro atoms. The van der Waals surface area contributed by atoms with E-state index >= 15 is 0 Å². The van der Waals surface area contributed by atoms with Crippen molar-refractivity contribution >= 4 is 39.1 Å². The lowest BCUT2D eigenvalue weighted by Crippen LogP contribution is -2.54. The second kappa shape index (κ2) is 12.5. The van der Waals surface area contributed by atoms with Gasteiger partial charge in [0.15, 0.2) is 0 Å². The van der Waals surface area contributed by atoms with Crippen molar-refractivity contribution in [2.45, 2.75) is 50.7 Å². The lowest BCUT2D eigenvalue weighted by atomic mass is 10.1. The van der Waals surface area contributed by atoms with Gasteiger partial charge in [0.1, 0.15) is 18.3 Å². The lowest BCUT2D eigenvalue weighted by Gasteiger charge is -2.34. The van der Waals surface area contributed by atoms with E-state index < -0.39 is 34.1 Å². The van der Waals surface area contributed by atoms with Crippen LogP contribution in [-0.2, 0) is 26.2 Å². The molecule has 0 aromatic heterocycles. The van der Waals surface area contributed by atoms with Crippen molar-refractivity contribution in [3.05, 3.63) is 89.4 Å². The Hall–Kier alpha value is -3.56. The average Bonchev–Trinajstić information content (AvgIpc) is 2.90. The van der Waals surface area contributed by atoms with Crippen LogP contribution in [0.4, 0.5) is 5.69 Å². The summed E-state index contributed by atoms with van der Waals surface area (Å²) in [4.78, 5) is 28.5. The van der Waals surface area contributed by atoms with E-state index in [1.807, 2.05) is 20.8 Å². The highest BCUT2D eigenvalue weighted by atomic mass is 35.5. The van der Waals surface area contributed by atoms with Crippen molar-refractivity contribution < 1.29 is 22.7 Å². The summed E-state index contributed by atoms with van der Waals surface area (Å²) < 4.78 is 34.2. The summed E-state index contributed by atoms with van der Waals surface area (Å²) in [5, 5.41) is 3.32. The van der Waals surface area contributed by atoms with E-state index in [1.165, 1.54) is 24.1 Å². The number of hydrogen-bond donors (Lipinski definition) is 1. The van der Waals surface area contributed by atoms with Crippen molar-refractivity contribution in [1.29, 1.82) is 0 Å². The Bertz CT molecular complexity index is 1410. The Kier molecular flexibility index (Phi) is 9.63. The summed E-state index contributed by atoms with van der Waals surface area (Å²) in [6, 6.07) is 20.5. The van der Waals surface area contributed by atoms with E-state index in [9.17, 15) is 18.0 Å². The first-order valence-electron chi connectivity index (χ1n) is 12.4. The highest BCUT2D eigenvalue weighted by Gasteiger charge is 2.34. The van der Waals surface area contributed by atoms with Crippen molar-refractivity contribution in [3.63, 3.8) is 0 Å². The van der Waals surface area contributed by atoms with Crippen molar-refractivity contribution in [2.75, 3.05) is 18.0 Å². The molecule has 3 aromatic rings. The molecule has 10 heteroatoms. The summed E-state index contributed by atoms with van der Waals surface area (Å²) in [7, 11) is -2.76. The second-order valence-electron chi connectivity index (χ2n) is 10.0. The van der Waals surface area contributed by atoms with Gasteiger partial charge in [0.2, 0.25) is 11.8 Å². The fourth-order valence-electron chi connectivity index (χ4n) is 3.94. The maximum atomic E-state index is 14.0. The monoisotopic (exact) mass is 571 g/mol. The number of carbonyl (C=O) groups excluding carboxylic acids is 2. The molecule has 0 aliphatic rings. The molecule has 2 amide bonds. The number of sulfonamides is 1. The first kappa shape index (κ1) is 30.0. The number of para-hydroxylation sites is 2. The van der Waals surface area contributed by atoms with Crippen LogP contribution in [0.2, 0.25) is 5.02 Å². The number of ether oxygens (including phenoxy) is 1. The van der Waals surface area contributed by atoms with Gasteiger partial charge in [0.25, 0.3) is 10.0 Å². The third-order valence-corrected chi connectivity index (χ3v) is 8.07. The average molecular weight is 572 g/mol. The van der Waals surface area contributed by atoms with Crippen LogP contribution >= 0.6 is 11.6 Å². The van der Waals surface area contributed by atoms with Gasteiger partial charge in [-0.2, -0.15) is 0 Å². The Morgan fingerprint density at radius 2 is 1.54 bits per heavy atom. The number of nitrogens with zero attached hydrogens (tertiary/aromatic N) is 2. The SMILES string of the molecule is COc1ccccc1N(CC(=O)N(Cc1ccccc1Cl)[C@@H](C)C(=O)NC(C)(C)C)S(=O)(=O)c1ccccc1. The minimum atomic E-state index is -4.19. The quantitative estimate of drug-likeness (QED) is 0.374. The number of halogens is 1. The zero-order valence-electron chi connectivity index (χ0n) is 22.7. The molecular formula is C29H34ClN3O5S. The fourth-order valence-corrected chi connectivity index (χ4v) is 5.58. The Balaban J connectivity index is 2.08. The number of benzene rings is 3. The minimum absolute atomic E-state index is 0.00237. The molecular weight excluding hydrogens is 538 g/mol. The zero-order valence-corrected chi connectivity index (χ0v) is 24.3. The molecule has 39 heavy (non-hydrogen) atoms. The Labute approximate surface area is 235 Å². The molecule has 1 atom stereocenters. The molecule has 0 fully saturated rings. The Morgan fingerprint density at radius 3 is 2.15 bits per heavy atom. The van der Waals surface area contributed by atoms with Gasteiger partial charge in [-0.3, -0.25) is 13.9 Å². The predicted molar refractivity (Wildman–Crippen MR) is 153 cm³/mol. The topological polar surface area (TPSA) is 96.0 Å². The summed E-state index contributed by atoms with van der Waals surface area (Å²) >= 11 is 6.40. The van der Waals surface area contributed by atoms with Gasteiger partial charge >= 0.3 is 0 Å². The predicted octanol–water partition coefficient (Wildman–Crippen LogP) is 4.88. The van der Waals surface area contributed by atoms with E-state index in [1.54, 1.807) is 73.7 Å². The van der Waals surface area contributed by atoms with Crippen molar-refractivity contribution in [1.82, 2.24) is 10.2 Å². The number of methoxy groups -OCH3 is 1. The van der Waals surface area contributed by atoms with E-state index in [-0.39, 0.29) is 28.8 Å². The molecule has 208 valence electrons. The Morgan fingerprint density at radius 1 is 0.949 bits per heavy atom. The number of rotatable bonds is 10. The lowest BCUT2D eigenvalue weighted by molar-refractivity contribution is -0.140. The number of nitrogens with one attached hydrogen (secondary N) is 1. The van der Waals surface area contributed by atoms with Crippen LogP contribution in [0.15, 0.2) is 83.8 Å². The number of amides is 2. The smallest absolute Gasteiger partial charge is 0.264 e. The zero-order chi connectivity index (χ0) is 28.8. The fraction of sp³-hybridized carbons (Fsp3) is 0.310. The first-order valence-corrected chi connectivity index (χ1v) is 14.2.